The number of pyridine rings is 1. The molecule has 19 heavy (non-hydrogen) atoms. The fourth-order valence-electron chi connectivity index (χ4n) is 1.74. The van der Waals surface area contributed by atoms with Gasteiger partial charge in [-0.3, -0.25) is 4.79 Å². The van der Waals surface area contributed by atoms with Crippen molar-refractivity contribution in [2.45, 2.75) is 32.3 Å². The van der Waals surface area contributed by atoms with Crippen LogP contribution in [-0.4, -0.2) is 21.4 Å². The van der Waals surface area contributed by atoms with E-state index in [0.717, 1.165) is 18.5 Å². The Labute approximate surface area is 109 Å². The van der Waals surface area contributed by atoms with Crippen molar-refractivity contribution in [1.29, 1.82) is 0 Å². The predicted molar refractivity (Wildman–Crippen MR) is 65.0 cm³/mol. The highest BCUT2D eigenvalue weighted by Gasteiger charge is 2.29. The van der Waals surface area contributed by atoms with Crippen molar-refractivity contribution in [2.75, 3.05) is 0 Å². The Balaban J connectivity index is 1.69. The number of rotatable bonds is 5. The molecular weight excluding hydrogens is 246 g/mol. The first kappa shape index (κ1) is 11.8. The first-order valence-electron chi connectivity index (χ1n) is 6.14. The van der Waals surface area contributed by atoms with Gasteiger partial charge in [0.2, 0.25) is 11.7 Å². The maximum atomic E-state index is 10.9. The number of nitrogens with zero attached hydrogens (tertiary/aromatic N) is 3. The number of carbonyl (C=O) groups excluding carboxylic acids is 1. The van der Waals surface area contributed by atoms with E-state index in [2.05, 4.69) is 15.1 Å². The lowest BCUT2D eigenvalue weighted by Crippen LogP contribution is -2.02. The smallest absolute Gasteiger partial charge is 0.229 e. The Morgan fingerprint density at radius 1 is 1.42 bits per heavy atom. The highest BCUT2D eigenvalue weighted by molar-refractivity contribution is 5.76. The van der Waals surface area contributed by atoms with Crippen molar-refractivity contribution in [3.63, 3.8) is 0 Å². The zero-order chi connectivity index (χ0) is 13.2. The van der Waals surface area contributed by atoms with Crippen molar-refractivity contribution < 1.29 is 14.1 Å². The minimum absolute atomic E-state index is 0.168. The molecule has 0 aromatic carbocycles. The van der Waals surface area contributed by atoms with Gasteiger partial charge in [0.1, 0.15) is 11.4 Å². The van der Waals surface area contributed by atoms with Crippen LogP contribution in [0.25, 0.3) is 0 Å². The van der Waals surface area contributed by atoms with Crippen LogP contribution in [0, 0.1) is 6.92 Å². The lowest BCUT2D eigenvalue weighted by Gasteiger charge is -2.05. The summed E-state index contributed by atoms with van der Waals surface area (Å²) in [5, 5.41) is 3.85. The predicted octanol–water partition coefficient (Wildman–Crippen LogP) is 2.04. The summed E-state index contributed by atoms with van der Waals surface area (Å²) in [7, 11) is 0. The molecule has 0 amide bonds. The van der Waals surface area contributed by atoms with Crippen LogP contribution in [0.4, 0.5) is 0 Å². The number of carbonyl (C=O) groups is 1. The molecule has 2 aromatic heterocycles. The second-order valence-corrected chi connectivity index (χ2v) is 4.57. The number of hydrogen-bond donors (Lipinski definition) is 0. The Hall–Kier alpha value is -2.24. The molecule has 2 heterocycles. The van der Waals surface area contributed by atoms with Crippen molar-refractivity contribution in [1.82, 2.24) is 15.1 Å². The average molecular weight is 259 g/mol. The lowest BCUT2D eigenvalue weighted by molar-refractivity contribution is 0.111. The molecule has 2 aromatic rings. The maximum absolute atomic E-state index is 10.9. The quantitative estimate of drug-likeness (QED) is 0.764. The summed E-state index contributed by atoms with van der Waals surface area (Å²) in [6, 6.07) is 3.50. The van der Waals surface area contributed by atoms with Crippen LogP contribution in [0.2, 0.25) is 0 Å². The molecule has 6 nitrogen and oxygen atoms in total. The largest absolute Gasteiger partial charge is 0.483 e. The minimum atomic E-state index is 0.168. The first-order chi connectivity index (χ1) is 9.26. The summed E-state index contributed by atoms with van der Waals surface area (Å²) >= 11 is 0. The van der Waals surface area contributed by atoms with Crippen LogP contribution in [0.1, 0.15) is 46.7 Å². The molecular formula is C13H13N3O3. The van der Waals surface area contributed by atoms with Gasteiger partial charge in [-0.15, -0.1) is 0 Å². The molecule has 0 atom stereocenters. The van der Waals surface area contributed by atoms with Crippen molar-refractivity contribution in [3.8, 4) is 5.75 Å². The van der Waals surface area contributed by atoms with Crippen LogP contribution in [-0.2, 0) is 6.61 Å². The number of hydrogen-bond acceptors (Lipinski definition) is 6. The van der Waals surface area contributed by atoms with Gasteiger partial charge in [0.05, 0.1) is 0 Å². The molecule has 0 bridgehead atoms. The van der Waals surface area contributed by atoms with Crippen LogP contribution < -0.4 is 4.74 Å². The monoisotopic (exact) mass is 259 g/mol. The summed E-state index contributed by atoms with van der Waals surface area (Å²) in [5.41, 5.74) is 1.05. The molecule has 1 aliphatic rings. The summed E-state index contributed by atoms with van der Waals surface area (Å²) in [4.78, 5) is 19.2. The van der Waals surface area contributed by atoms with Crippen molar-refractivity contribution >= 4 is 6.29 Å². The third-order valence-electron chi connectivity index (χ3n) is 2.90. The summed E-state index contributed by atoms with van der Waals surface area (Å²) < 4.78 is 10.6. The second kappa shape index (κ2) is 4.79. The Morgan fingerprint density at radius 2 is 2.26 bits per heavy atom. The van der Waals surface area contributed by atoms with Gasteiger partial charge >= 0.3 is 0 Å². The average Bonchev–Trinajstić information content (AvgIpc) is 3.17. The topological polar surface area (TPSA) is 78.1 Å². The van der Waals surface area contributed by atoms with Gasteiger partial charge < -0.3 is 9.26 Å². The molecule has 0 aliphatic heterocycles. The van der Waals surface area contributed by atoms with Crippen LogP contribution in [0.5, 0.6) is 5.75 Å². The van der Waals surface area contributed by atoms with Gasteiger partial charge in [0.15, 0.2) is 12.9 Å². The van der Waals surface area contributed by atoms with E-state index in [1.54, 1.807) is 12.1 Å². The Morgan fingerprint density at radius 3 is 3.00 bits per heavy atom. The van der Waals surface area contributed by atoms with Crippen molar-refractivity contribution in [3.05, 3.63) is 35.2 Å². The zero-order valence-electron chi connectivity index (χ0n) is 10.5. The highest BCUT2D eigenvalue weighted by atomic mass is 16.5. The lowest BCUT2D eigenvalue weighted by atomic mass is 10.3. The SMILES string of the molecule is Cc1ccc(OCc2noc(C3CC3)n2)c(C=O)n1. The molecule has 1 saturated carbocycles. The molecule has 1 aliphatic carbocycles. The molecule has 0 radical (unpaired) electrons. The van der Waals surface area contributed by atoms with Gasteiger partial charge in [-0.1, -0.05) is 5.16 Å². The van der Waals surface area contributed by atoms with Gasteiger partial charge in [-0.2, -0.15) is 4.98 Å². The standard InChI is InChI=1S/C13H13N3O3/c1-8-2-5-11(10(6-17)14-8)18-7-12-15-13(19-16-12)9-3-4-9/h2,5-6,9H,3-4,7H2,1H3. The summed E-state index contributed by atoms with van der Waals surface area (Å²) in [5.74, 6) is 2.02. The first-order valence-corrected chi connectivity index (χ1v) is 6.14. The van der Waals surface area contributed by atoms with Gasteiger partial charge in [-0.05, 0) is 31.9 Å². The summed E-state index contributed by atoms with van der Waals surface area (Å²) in [6.07, 6.45) is 2.90. The molecule has 0 saturated heterocycles. The van der Waals surface area contributed by atoms with Crippen LogP contribution in [0.15, 0.2) is 16.7 Å². The third-order valence-corrected chi connectivity index (χ3v) is 2.90. The van der Waals surface area contributed by atoms with E-state index < -0.39 is 0 Å². The molecule has 3 rings (SSSR count). The van der Waals surface area contributed by atoms with E-state index in [4.69, 9.17) is 9.26 Å². The molecule has 0 N–H and O–H groups in total. The van der Waals surface area contributed by atoms with Gasteiger partial charge in [0.25, 0.3) is 0 Å². The zero-order valence-corrected chi connectivity index (χ0v) is 10.5. The minimum Gasteiger partial charge on any atom is -0.483 e. The molecule has 1 fully saturated rings. The van der Waals surface area contributed by atoms with E-state index in [1.165, 1.54) is 0 Å². The third kappa shape index (κ3) is 2.62. The van der Waals surface area contributed by atoms with Crippen LogP contribution in [0.3, 0.4) is 0 Å². The van der Waals surface area contributed by atoms with E-state index in [-0.39, 0.29) is 12.3 Å². The number of aldehydes is 1. The Bertz CT molecular complexity index is 605. The number of aromatic nitrogens is 3. The summed E-state index contributed by atoms with van der Waals surface area (Å²) in [6.45, 7) is 1.99. The number of aryl methyl sites for hydroxylation is 1. The molecule has 6 heteroatoms. The molecule has 98 valence electrons. The van der Waals surface area contributed by atoms with E-state index in [9.17, 15) is 4.79 Å². The fraction of sp³-hybridized carbons (Fsp3) is 0.385. The van der Waals surface area contributed by atoms with E-state index in [1.807, 2.05) is 6.92 Å². The maximum Gasteiger partial charge on any atom is 0.229 e. The molecule has 0 spiro atoms. The fourth-order valence-corrected chi connectivity index (χ4v) is 1.74. The normalized spacial score (nSPS) is 14.4. The second-order valence-electron chi connectivity index (χ2n) is 4.57. The van der Waals surface area contributed by atoms with E-state index in [0.29, 0.717) is 29.7 Å². The van der Waals surface area contributed by atoms with Gasteiger partial charge in [0, 0.05) is 11.6 Å². The number of ether oxygens (including phenoxy) is 1. The van der Waals surface area contributed by atoms with E-state index >= 15 is 0 Å². The van der Waals surface area contributed by atoms with Crippen LogP contribution >= 0.6 is 0 Å². The highest BCUT2D eigenvalue weighted by Crippen LogP contribution is 2.38. The molecule has 0 unspecified atom stereocenters. The van der Waals surface area contributed by atoms with Gasteiger partial charge in [-0.25, -0.2) is 4.98 Å². The van der Waals surface area contributed by atoms with Crippen molar-refractivity contribution in [2.24, 2.45) is 0 Å². The Kier molecular flexibility index (Phi) is 2.98.